The number of nitrogens with two attached hydrogens (primary N) is 1. The molecule has 3 heterocycles. The maximum atomic E-state index is 12.9. The van der Waals surface area contributed by atoms with Crippen LogP contribution < -0.4 is 5.73 Å². The topological polar surface area (TPSA) is 76.3 Å². The number of thiophene rings is 1. The van der Waals surface area contributed by atoms with Gasteiger partial charge in [0.25, 0.3) is 5.91 Å². The third-order valence-electron chi connectivity index (χ3n) is 5.60. The number of hydrogen-bond donors (Lipinski definition) is 1. The van der Waals surface area contributed by atoms with Crippen LogP contribution in [0.1, 0.15) is 28.8 Å². The summed E-state index contributed by atoms with van der Waals surface area (Å²) < 4.78 is 0. The molecule has 148 valence electrons. The van der Waals surface area contributed by atoms with Gasteiger partial charge in [0.05, 0.1) is 11.0 Å². The van der Waals surface area contributed by atoms with Gasteiger partial charge in [0.2, 0.25) is 5.91 Å². The first-order valence-electron chi connectivity index (χ1n) is 9.69. The molecule has 5 nitrogen and oxygen atoms in total. The molecular formula is C23H23N3O2S. The number of hydrogen-bond acceptors (Lipinski definition) is 4. The smallest absolute Gasteiger partial charge is 0.255 e. The van der Waals surface area contributed by atoms with Crippen LogP contribution in [-0.4, -0.2) is 34.8 Å². The number of pyridine rings is 1. The Kier molecular flexibility index (Phi) is 5.45. The molecule has 1 saturated heterocycles. The van der Waals surface area contributed by atoms with Crippen molar-refractivity contribution in [3.63, 3.8) is 0 Å². The highest BCUT2D eigenvalue weighted by Crippen LogP contribution is 2.35. The fourth-order valence-electron chi connectivity index (χ4n) is 4.03. The van der Waals surface area contributed by atoms with Crippen LogP contribution in [0.3, 0.4) is 0 Å². The minimum absolute atomic E-state index is 0.100. The Morgan fingerprint density at radius 1 is 1.14 bits per heavy atom. The molecule has 1 aliphatic rings. The van der Waals surface area contributed by atoms with Crippen molar-refractivity contribution in [2.75, 3.05) is 13.1 Å². The highest BCUT2D eigenvalue weighted by molar-refractivity contribution is 7.13. The number of carbonyl (C=O) groups excluding carboxylic acids is 2. The van der Waals surface area contributed by atoms with Crippen molar-refractivity contribution in [1.29, 1.82) is 0 Å². The molecule has 0 aliphatic carbocycles. The molecule has 1 atom stereocenters. The molecule has 1 aromatic carbocycles. The third-order valence-corrected chi connectivity index (χ3v) is 6.52. The fraction of sp³-hybridized carbons (Fsp3) is 0.261. The first-order valence-corrected chi connectivity index (χ1v) is 10.6. The number of nitrogens with zero attached hydrogens (tertiary/aromatic N) is 2. The zero-order valence-electron chi connectivity index (χ0n) is 16.1. The average Bonchev–Trinajstić information content (AvgIpc) is 3.29. The molecule has 6 heteroatoms. The maximum Gasteiger partial charge on any atom is 0.255 e. The molecule has 2 N–H and O–H groups in total. The van der Waals surface area contributed by atoms with Gasteiger partial charge in [-0.3, -0.25) is 14.6 Å². The van der Waals surface area contributed by atoms with Gasteiger partial charge in [-0.25, -0.2) is 0 Å². The van der Waals surface area contributed by atoms with E-state index in [-0.39, 0.29) is 11.8 Å². The summed E-state index contributed by atoms with van der Waals surface area (Å²) in [5.41, 5.74) is 7.87. The number of rotatable bonds is 5. The summed E-state index contributed by atoms with van der Waals surface area (Å²) in [5.74, 6) is -0.444. The highest BCUT2D eigenvalue weighted by Gasteiger charge is 2.42. The molecular weight excluding hydrogens is 382 g/mol. The Labute approximate surface area is 174 Å². The second-order valence-corrected chi connectivity index (χ2v) is 8.52. The van der Waals surface area contributed by atoms with E-state index in [0.717, 1.165) is 17.5 Å². The quantitative estimate of drug-likeness (QED) is 0.702. The van der Waals surface area contributed by atoms with Crippen LogP contribution in [0.2, 0.25) is 0 Å². The van der Waals surface area contributed by atoms with Crippen molar-refractivity contribution in [3.8, 4) is 10.4 Å². The molecule has 1 fully saturated rings. The Morgan fingerprint density at radius 3 is 2.62 bits per heavy atom. The summed E-state index contributed by atoms with van der Waals surface area (Å²) in [7, 11) is 0. The zero-order chi connectivity index (χ0) is 20.3. The third kappa shape index (κ3) is 4.07. The van der Waals surface area contributed by atoms with E-state index in [1.54, 1.807) is 40.8 Å². The molecule has 0 spiro atoms. The zero-order valence-corrected chi connectivity index (χ0v) is 16.9. The summed E-state index contributed by atoms with van der Waals surface area (Å²) in [4.78, 5) is 32.4. The molecule has 1 unspecified atom stereocenters. The van der Waals surface area contributed by atoms with E-state index in [2.05, 4.69) is 40.7 Å². The number of aromatic nitrogens is 1. The van der Waals surface area contributed by atoms with Crippen molar-refractivity contribution < 1.29 is 9.59 Å². The van der Waals surface area contributed by atoms with Crippen LogP contribution in [-0.2, 0) is 11.2 Å². The van der Waals surface area contributed by atoms with Crippen molar-refractivity contribution in [1.82, 2.24) is 9.88 Å². The standard InChI is InChI=1S/C23H23N3O2S/c24-22(28)23(14-17-6-8-18(9-7-17)20-5-2-13-29-20)10-3-12-26(16-23)21(27)19-4-1-11-25-15-19/h1-2,4-9,11,13,15H,3,10,12,14,16H2,(H2,24,28). The van der Waals surface area contributed by atoms with Gasteiger partial charge in [0.1, 0.15) is 0 Å². The van der Waals surface area contributed by atoms with E-state index in [4.69, 9.17) is 5.73 Å². The first kappa shape index (κ1) is 19.3. The van der Waals surface area contributed by atoms with Gasteiger partial charge in [-0.05, 0) is 54.0 Å². The van der Waals surface area contributed by atoms with E-state index >= 15 is 0 Å². The van der Waals surface area contributed by atoms with Crippen LogP contribution in [0, 0.1) is 5.41 Å². The second kappa shape index (κ2) is 8.17. The van der Waals surface area contributed by atoms with E-state index in [9.17, 15) is 9.59 Å². The van der Waals surface area contributed by atoms with Crippen molar-refractivity contribution in [2.45, 2.75) is 19.3 Å². The SMILES string of the molecule is NC(=O)C1(Cc2ccc(-c3cccs3)cc2)CCCN(C(=O)c2cccnc2)C1. The largest absolute Gasteiger partial charge is 0.369 e. The fourth-order valence-corrected chi connectivity index (χ4v) is 4.76. The maximum absolute atomic E-state index is 12.9. The summed E-state index contributed by atoms with van der Waals surface area (Å²) in [6, 6.07) is 15.9. The van der Waals surface area contributed by atoms with Crippen LogP contribution >= 0.6 is 11.3 Å². The predicted octanol–water partition coefficient (Wildman–Crippen LogP) is 3.76. The highest BCUT2D eigenvalue weighted by atomic mass is 32.1. The van der Waals surface area contributed by atoms with Gasteiger partial charge in [-0.1, -0.05) is 30.3 Å². The lowest BCUT2D eigenvalue weighted by Crippen LogP contribution is -2.53. The van der Waals surface area contributed by atoms with E-state index in [1.165, 1.54) is 4.88 Å². The number of carbonyl (C=O) groups is 2. The Morgan fingerprint density at radius 2 is 1.97 bits per heavy atom. The summed E-state index contributed by atoms with van der Waals surface area (Å²) in [5, 5.41) is 2.06. The molecule has 3 aromatic rings. The van der Waals surface area contributed by atoms with Gasteiger partial charge in [-0.2, -0.15) is 0 Å². The number of primary amides is 1. The molecule has 4 rings (SSSR count). The lowest BCUT2D eigenvalue weighted by molar-refractivity contribution is -0.130. The van der Waals surface area contributed by atoms with Crippen LogP contribution in [0.5, 0.6) is 0 Å². The monoisotopic (exact) mass is 405 g/mol. The Bertz CT molecular complexity index is 987. The van der Waals surface area contributed by atoms with E-state index in [1.807, 2.05) is 6.07 Å². The van der Waals surface area contributed by atoms with E-state index in [0.29, 0.717) is 31.5 Å². The summed E-state index contributed by atoms with van der Waals surface area (Å²) >= 11 is 1.70. The van der Waals surface area contributed by atoms with Crippen LogP contribution in [0.4, 0.5) is 0 Å². The minimum atomic E-state index is -0.749. The van der Waals surface area contributed by atoms with Crippen LogP contribution in [0.25, 0.3) is 10.4 Å². The predicted molar refractivity (Wildman–Crippen MR) is 114 cm³/mol. The molecule has 29 heavy (non-hydrogen) atoms. The second-order valence-electron chi connectivity index (χ2n) is 7.57. The minimum Gasteiger partial charge on any atom is -0.369 e. The number of benzene rings is 1. The summed E-state index contributed by atoms with van der Waals surface area (Å²) in [6.07, 6.45) is 5.17. The van der Waals surface area contributed by atoms with Gasteiger partial charge < -0.3 is 10.6 Å². The Balaban J connectivity index is 1.54. The molecule has 1 aliphatic heterocycles. The molecule has 0 bridgehead atoms. The molecule has 0 radical (unpaired) electrons. The Hall–Kier alpha value is -2.99. The van der Waals surface area contributed by atoms with Gasteiger partial charge in [-0.15, -0.1) is 11.3 Å². The lowest BCUT2D eigenvalue weighted by atomic mass is 9.74. The molecule has 0 saturated carbocycles. The van der Waals surface area contributed by atoms with Gasteiger partial charge >= 0.3 is 0 Å². The number of likely N-dealkylation sites (tertiary alicyclic amines) is 1. The number of piperidine rings is 1. The van der Waals surface area contributed by atoms with Crippen molar-refractivity contribution in [2.24, 2.45) is 11.1 Å². The van der Waals surface area contributed by atoms with Crippen molar-refractivity contribution in [3.05, 3.63) is 77.4 Å². The molecule has 2 aromatic heterocycles. The normalized spacial score (nSPS) is 19.1. The van der Waals surface area contributed by atoms with E-state index < -0.39 is 5.41 Å². The van der Waals surface area contributed by atoms with Crippen LogP contribution in [0.15, 0.2) is 66.3 Å². The van der Waals surface area contributed by atoms with Crippen molar-refractivity contribution >= 4 is 23.2 Å². The summed E-state index contributed by atoms with van der Waals surface area (Å²) in [6.45, 7) is 0.961. The van der Waals surface area contributed by atoms with Gasteiger partial charge in [0, 0.05) is 30.4 Å². The van der Waals surface area contributed by atoms with Gasteiger partial charge in [0.15, 0.2) is 0 Å². The number of amides is 2. The first-order chi connectivity index (χ1) is 14.1. The lowest BCUT2D eigenvalue weighted by Gasteiger charge is -2.41. The average molecular weight is 406 g/mol. The molecule has 2 amide bonds.